The van der Waals surface area contributed by atoms with Crippen LogP contribution in [0.15, 0.2) is 18.2 Å². The topological polar surface area (TPSA) is 40.6 Å². The van der Waals surface area contributed by atoms with Crippen molar-refractivity contribution < 1.29 is 14.0 Å². The van der Waals surface area contributed by atoms with Crippen LogP contribution in [0, 0.1) is 11.7 Å². The van der Waals surface area contributed by atoms with Crippen LogP contribution in [0.25, 0.3) is 0 Å². The zero-order valence-corrected chi connectivity index (χ0v) is 13.7. The van der Waals surface area contributed by atoms with Gasteiger partial charge in [-0.15, -0.1) is 0 Å². The van der Waals surface area contributed by atoms with E-state index < -0.39 is 5.82 Å². The number of amides is 2. The first-order valence-electron chi connectivity index (χ1n) is 8.09. The molecular weight excluding hydrogens is 319 g/mol. The predicted octanol–water partition coefficient (Wildman–Crippen LogP) is 2.95. The van der Waals surface area contributed by atoms with Crippen LogP contribution < -0.4 is 0 Å². The molecule has 2 fully saturated rings. The molecule has 1 aliphatic carbocycles. The largest absolute Gasteiger partial charge is 0.339 e. The van der Waals surface area contributed by atoms with E-state index in [2.05, 4.69) is 0 Å². The van der Waals surface area contributed by atoms with Crippen molar-refractivity contribution in [2.75, 3.05) is 26.2 Å². The lowest BCUT2D eigenvalue weighted by molar-refractivity contribution is -0.136. The van der Waals surface area contributed by atoms with Crippen molar-refractivity contribution in [2.45, 2.75) is 25.7 Å². The molecule has 1 aromatic rings. The number of hydrogen-bond acceptors (Lipinski definition) is 2. The quantitative estimate of drug-likeness (QED) is 0.832. The molecule has 124 valence electrons. The Morgan fingerprint density at radius 3 is 2.26 bits per heavy atom. The lowest BCUT2D eigenvalue weighted by atomic mass is 10.1. The SMILES string of the molecule is O=C(c1ccc(F)c(Cl)c1)N1CCN(C(=O)C2CCCC2)CC1. The van der Waals surface area contributed by atoms with Crippen LogP contribution in [0.3, 0.4) is 0 Å². The molecule has 1 aliphatic heterocycles. The van der Waals surface area contributed by atoms with Crippen LogP contribution in [-0.2, 0) is 4.79 Å². The van der Waals surface area contributed by atoms with Gasteiger partial charge in [0.25, 0.3) is 5.91 Å². The number of carbonyl (C=O) groups is 2. The maximum Gasteiger partial charge on any atom is 0.254 e. The second kappa shape index (κ2) is 6.87. The Morgan fingerprint density at radius 2 is 1.65 bits per heavy atom. The standard InChI is InChI=1S/C17H20ClFN2O2/c18-14-11-13(5-6-15(14)19)17(23)21-9-7-20(8-10-21)16(22)12-3-1-2-4-12/h5-6,11-12H,1-4,7-10H2. The molecule has 0 unspecified atom stereocenters. The van der Waals surface area contributed by atoms with Crippen molar-refractivity contribution in [2.24, 2.45) is 5.92 Å². The van der Waals surface area contributed by atoms with E-state index in [1.807, 2.05) is 4.90 Å². The average Bonchev–Trinajstić information content (AvgIpc) is 3.11. The summed E-state index contributed by atoms with van der Waals surface area (Å²) in [6.07, 6.45) is 4.26. The summed E-state index contributed by atoms with van der Waals surface area (Å²) < 4.78 is 13.2. The van der Waals surface area contributed by atoms with E-state index in [9.17, 15) is 14.0 Å². The zero-order valence-electron chi connectivity index (χ0n) is 12.9. The van der Waals surface area contributed by atoms with Gasteiger partial charge < -0.3 is 9.80 Å². The zero-order chi connectivity index (χ0) is 16.4. The maximum absolute atomic E-state index is 13.2. The number of carbonyl (C=O) groups excluding carboxylic acids is 2. The summed E-state index contributed by atoms with van der Waals surface area (Å²) in [5, 5.41) is -0.0501. The summed E-state index contributed by atoms with van der Waals surface area (Å²) in [5.74, 6) is -0.289. The highest BCUT2D eigenvalue weighted by Crippen LogP contribution is 2.27. The number of halogens is 2. The minimum absolute atomic E-state index is 0.0501. The van der Waals surface area contributed by atoms with Gasteiger partial charge in [0.05, 0.1) is 5.02 Å². The highest BCUT2D eigenvalue weighted by Gasteiger charge is 2.30. The summed E-state index contributed by atoms with van der Waals surface area (Å²) in [7, 11) is 0. The van der Waals surface area contributed by atoms with E-state index in [0.29, 0.717) is 31.7 Å². The molecule has 1 heterocycles. The number of nitrogens with zero attached hydrogens (tertiary/aromatic N) is 2. The third-order valence-corrected chi connectivity index (χ3v) is 5.04. The van der Waals surface area contributed by atoms with Gasteiger partial charge >= 0.3 is 0 Å². The molecule has 0 aromatic heterocycles. The van der Waals surface area contributed by atoms with Crippen LogP contribution in [0.5, 0.6) is 0 Å². The first-order valence-corrected chi connectivity index (χ1v) is 8.47. The van der Waals surface area contributed by atoms with Crippen LogP contribution in [-0.4, -0.2) is 47.8 Å². The van der Waals surface area contributed by atoms with Crippen molar-refractivity contribution in [3.63, 3.8) is 0 Å². The molecule has 3 rings (SSSR count). The number of rotatable bonds is 2. The minimum Gasteiger partial charge on any atom is -0.339 e. The fraction of sp³-hybridized carbons (Fsp3) is 0.529. The maximum atomic E-state index is 13.2. The lowest BCUT2D eigenvalue weighted by Crippen LogP contribution is -2.51. The second-order valence-corrected chi connectivity index (χ2v) is 6.63. The number of benzene rings is 1. The van der Waals surface area contributed by atoms with Gasteiger partial charge in [-0.25, -0.2) is 4.39 Å². The summed E-state index contributed by atoms with van der Waals surface area (Å²) in [4.78, 5) is 28.4. The van der Waals surface area contributed by atoms with Gasteiger partial charge in [0.1, 0.15) is 5.82 Å². The van der Waals surface area contributed by atoms with Crippen LogP contribution in [0.2, 0.25) is 5.02 Å². The molecular formula is C17H20ClFN2O2. The monoisotopic (exact) mass is 338 g/mol. The van der Waals surface area contributed by atoms with Crippen molar-refractivity contribution in [3.8, 4) is 0 Å². The molecule has 1 saturated carbocycles. The van der Waals surface area contributed by atoms with E-state index in [1.54, 1.807) is 4.90 Å². The van der Waals surface area contributed by atoms with Gasteiger partial charge in [0, 0.05) is 37.7 Å². The lowest BCUT2D eigenvalue weighted by Gasteiger charge is -2.36. The molecule has 0 spiro atoms. The first-order chi connectivity index (χ1) is 11.1. The number of piperazine rings is 1. The molecule has 0 radical (unpaired) electrons. The molecule has 0 N–H and O–H groups in total. The van der Waals surface area contributed by atoms with Gasteiger partial charge in [-0.2, -0.15) is 0 Å². The Bertz CT molecular complexity index is 609. The highest BCUT2D eigenvalue weighted by molar-refractivity contribution is 6.31. The van der Waals surface area contributed by atoms with Crippen LogP contribution in [0.4, 0.5) is 4.39 Å². The summed E-state index contributed by atoms with van der Waals surface area (Å²) >= 11 is 5.74. The van der Waals surface area contributed by atoms with Crippen LogP contribution >= 0.6 is 11.6 Å². The van der Waals surface area contributed by atoms with Gasteiger partial charge in [-0.3, -0.25) is 9.59 Å². The predicted molar refractivity (Wildman–Crippen MR) is 85.9 cm³/mol. The highest BCUT2D eigenvalue weighted by atomic mass is 35.5. The van der Waals surface area contributed by atoms with Gasteiger partial charge in [0.15, 0.2) is 0 Å². The van der Waals surface area contributed by atoms with Crippen molar-refractivity contribution in [1.29, 1.82) is 0 Å². The Kier molecular flexibility index (Phi) is 4.85. The van der Waals surface area contributed by atoms with E-state index in [-0.39, 0.29) is 22.8 Å². The summed E-state index contributed by atoms with van der Waals surface area (Å²) in [5.41, 5.74) is 0.381. The molecule has 2 amide bonds. The van der Waals surface area contributed by atoms with Gasteiger partial charge in [-0.1, -0.05) is 24.4 Å². The molecule has 23 heavy (non-hydrogen) atoms. The molecule has 4 nitrogen and oxygen atoms in total. The Hall–Kier alpha value is -1.62. The van der Waals surface area contributed by atoms with Gasteiger partial charge in [-0.05, 0) is 31.0 Å². The van der Waals surface area contributed by atoms with E-state index in [1.165, 1.54) is 18.2 Å². The van der Waals surface area contributed by atoms with Crippen molar-refractivity contribution in [1.82, 2.24) is 9.80 Å². The third-order valence-electron chi connectivity index (χ3n) is 4.75. The fourth-order valence-corrected chi connectivity index (χ4v) is 3.55. The molecule has 6 heteroatoms. The van der Waals surface area contributed by atoms with Gasteiger partial charge in [0.2, 0.25) is 5.91 Å². The molecule has 1 aromatic carbocycles. The normalized spacial score (nSPS) is 19.2. The van der Waals surface area contributed by atoms with E-state index in [4.69, 9.17) is 11.6 Å². The van der Waals surface area contributed by atoms with E-state index >= 15 is 0 Å². The summed E-state index contributed by atoms with van der Waals surface area (Å²) in [6, 6.07) is 4.00. The molecule has 0 atom stereocenters. The van der Waals surface area contributed by atoms with Crippen molar-refractivity contribution in [3.05, 3.63) is 34.6 Å². The fourth-order valence-electron chi connectivity index (χ4n) is 3.37. The molecule has 0 bridgehead atoms. The smallest absolute Gasteiger partial charge is 0.254 e. The summed E-state index contributed by atoms with van der Waals surface area (Å²) in [6.45, 7) is 2.14. The minimum atomic E-state index is -0.532. The Balaban J connectivity index is 1.58. The average molecular weight is 339 g/mol. The first kappa shape index (κ1) is 16.2. The van der Waals surface area contributed by atoms with E-state index in [0.717, 1.165) is 25.7 Å². The Labute approximate surface area is 140 Å². The third kappa shape index (κ3) is 3.50. The second-order valence-electron chi connectivity index (χ2n) is 6.23. The molecule has 2 aliphatic rings. The van der Waals surface area contributed by atoms with Crippen molar-refractivity contribution >= 4 is 23.4 Å². The van der Waals surface area contributed by atoms with Crippen LogP contribution in [0.1, 0.15) is 36.0 Å². The molecule has 1 saturated heterocycles. The number of hydrogen-bond donors (Lipinski definition) is 0. The Morgan fingerprint density at radius 1 is 1.04 bits per heavy atom.